The highest BCUT2D eigenvalue weighted by Gasteiger charge is 2.24. The van der Waals surface area contributed by atoms with Crippen LogP contribution in [0.5, 0.6) is 5.75 Å². The number of thioether (sulfide) groups is 1. The number of benzene rings is 2. The highest BCUT2D eigenvalue weighted by molar-refractivity contribution is 7.99. The lowest BCUT2D eigenvalue weighted by Gasteiger charge is -2.23. The molecule has 0 bridgehead atoms. The Labute approximate surface area is 199 Å². The summed E-state index contributed by atoms with van der Waals surface area (Å²) in [6.07, 6.45) is 1.03. The molecule has 1 atom stereocenters. The van der Waals surface area contributed by atoms with Crippen LogP contribution in [-0.2, 0) is 16.1 Å². The lowest BCUT2D eigenvalue weighted by molar-refractivity contribution is -0.122. The van der Waals surface area contributed by atoms with Gasteiger partial charge in [-0.2, -0.15) is 0 Å². The second-order valence-corrected chi connectivity index (χ2v) is 8.59. The maximum Gasteiger partial charge on any atom is 0.265 e. The van der Waals surface area contributed by atoms with Crippen LogP contribution in [0.15, 0.2) is 76.5 Å². The van der Waals surface area contributed by atoms with Gasteiger partial charge in [0.25, 0.3) is 5.91 Å². The monoisotopic (exact) mass is 475 g/mol. The molecule has 2 amide bonds. The van der Waals surface area contributed by atoms with Crippen molar-refractivity contribution < 1.29 is 18.7 Å². The Bertz CT molecular complexity index is 1320. The van der Waals surface area contributed by atoms with Crippen LogP contribution in [0.1, 0.15) is 12.5 Å². The molecule has 0 radical (unpaired) electrons. The molecule has 34 heavy (non-hydrogen) atoms. The van der Waals surface area contributed by atoms with Crippen molar-refractivity contribution in [3.8, 4) is 17.3 Å². The number of furan rings is 1. The summed E-state index contributed by atoms with van der Waals surface area (Å²) in [7, 11) is 0. The van der Waals surface area contributed by atoms with E-state index in [9.17, 15) is 9.59 Å². The Morgan fingerprint density at radius 3 is 2.79 bits per heavy atom. The number of carbonyl (C=O) groups is 2. The van der Waals surface area contributed by atoms with E-state index < -0.39 is 6.10 Å². The number of nitrogens with zero attached hydrogens (tertiary/aromatic N) is 3. The van der Waals surface area contributed by atoms with Crippen LogP contribution >= 0.6 is 11.8 Å². The molecule has 1 aliphatic rings. The van der Waals surface area contributed by atoms with E-state index in [4.69, 9.17) is 9.15 Å². The van der Waals surface area contributed by atoms with Gasteiger partial charge in [-0.3, -0.25) is 14.2 Å². The molecular weight excluding hydrogens is 454 g/mol. The van der Waals surface area contributed by atoms with Gasteiger partial charge >= 0.3 is 0 Å². The van der Waals surface area contributed by atoms with Gasteiger partial charge in [0.05, 0.1) is 24.2 Å². The predicted octanol–water partition coefficient (Wildman–Crippen LogP) is 4.04. The zero-order valence-electron chi connectivity index (χ0n) is 18.2. The molecule has 0 aliphatic carbocycles. The van der Waals surface area contributed by atoms with Crippen molar-refractivity contribution in [3.63, 3.8) is 0 Å². The Kier molecular flexibility index (Phi) is 6.05. The maximum absolute atomic E-state index is 12.6. The van der Waals surface area contributed by atoms with E-state index in [2.05, 4.69) is 20.8 Å². The summed E-state index contributed by atoms with van der Waals surface area (Å²) in [5.41, 5.74) is 2.16. The van der Waals surface area contributed by atoms with Gasteiger partial charge in [-0.15, -0.1) is 10.2 Å². The van der Waals surface area contributed by atoms with Gasteiger partial charge in [0, 0.05) is 5.69 Å². The van der Waals surface area contributed by atoms with Crippen LogP contribution in [-0.4, -0.2) is 38.4 Å². The smallest absolute Gasteiger partial charge is 0.265 e. The number of amides is 2. The second-order valence-electron chi connectivity index (χ2n) is 7.65. The number of fused-ring (bicyclic) bond motifs is 1. The van der Waals surface area contributed by atoms with Crippen molar-refractivity contribution in [2.24, 2.45) is 0 Å². The third-order valence-electron chi connectivity index (χ3n) is 5.17. The molecule has 0 saturated carbocycles. The summed E-state index contributed by atoms with van der Waals surface area (Å²) in [6.45, 7) is 2.22. The molecule has 2 aromatic heterocycles. The Hall–Kier alpha value is -4.05. The first-order valence-electron chi connectivity index (χ1n) is 10.6. The fourth-order valence-electron chi connectivity index (χ4n) is 3.51. The lowest BCUT2D eigenvalue weighted by atomic mass is 10.2. The summed E-state index contributed by atoms with van der Waals surface area (Å²) in [6, 6.07) is 18.7. The van der Waals surface area contributed by atoms with Crippen LogP contribution < -0.4 is 15.4 Å². The Morgan fingerprint density at radius 2 is 2.00 bits per heavy atom. The molecule has 1 aliphatic heterocycles. The average molecular weight is 476 g/mol. The minimum absolute atomic E-state index is 0.127. The number of aromatic nitrogens is 3. The number of nitrogens with one attached hydrogen (secondary N) is 2. The second kappa shape index (κ2) is 9.44. The SMILES string of the molecule is C[C@H]1Oc2ccc(NC(=O)CSc3nnc(-c4ccco4)n3Cc3ccccc3)cc2NC1=O. The van der Waals surface area contributed by atoms with E-state index in [-0.39, 0.29) is 17.6 Å². The molecule has 2 N–H and O–H groups in total. The fourth-order valence-corrected chi connectivity index (χ4v) is 4.24. The number of carbonyl (C=O) groups excluding carboxylic acids is 2. The highest BCUT2D eigenvalue weighted by atomic mass is 32.2. The first-order chi connectivity index (χ1) is 16.6. The van der Waals surface area contributed by atoms with Gasteiger partial charge in [-0.05, 0) is 42.8 Å². The lowest BCUT2D eigenvalue weighted by Crippen LogP contribution is -2.34. The third kappa shape index (κ3) is 4.67. The topological polar surface area (TPSA) is 111 Å². The zero-order chi connectivity index (χ0) is 23.5. The maximum atomic E-state index is 12.6. The van der Waals surface area contributed by atoms with E-state index in [0.717, 1.165) is 5.56 Å². The number of anilines is 2. The van der Waals surface area contributed by atoms with Crippen molar-refractivity contribution in [2.75, 3.05) is 16.4 Å². The van der Waals surface area contributed by atoms with E-state index in [1.807, 2.05) is 41.0 Å². The van der Waals surface area contributed by atoms with Crippen LogP contribution in [0.3, 0.4) is 0 Å². The summed E-state index contributed by atoms with van der Waals surface area (Å²) in [5.74, 6) is 1.46. The molecule has 2 aromatic carbocycles. The number of rotatable bonds is 7. The largest absolute Gasteiger partial charge is 0.479 e. The first kappa shape index (κ1) is 21.8. The van der Waals surface area contributed by atoms with Crippen LogP contribution in [0.2, 0.25) is 0 Å². The standard InChI is InChI=1S/C24H21N5O4S/c1-15-23(31)26-18-12-17(9-10-19(18)33-15)25-21(30)14-34-24-28-27-22(20-8-5-11-32-20)29(24)13-16-6-3-2-4-7-16/h2-12,15H,13-14H2,1H3,(H,25,30)(H,26,31)/t15-/m1/s1. The van der Waals surface area contributed by atoms with Gasteiger partial charge in [0.15, 0.2) is 17.0 Å². The summed E-state index contributed by atoms with van der Waals surface area (Å²) < 4.78 is 13.0. The van der Waals surface area contributed by atoms with Gasteiger partial charge in [0.2, 0.25) is 11.7 Å². The number of hydrogen-bond acceptors (Lipinski definition) is 7. The summed E-state index contributed by atoms with van der Waals surface area (Å²) in [4.78, 5) is 24.5. The molecule has 5 rings (SSSR count). The van der Waals surface area contributed by atoms with Crippen molar-refractivity contribution in [1.29, 1.82) is 0 Å². The van der Waals surface area contributed by atoms with Crippen LogP contribution in [0.25, 0.3) is 11.6 Å². The number of hydrogen-bond donors (Lipinski definition) is 2. The molecule has 4 aromatic rings. The molecule has 9 nitrogen and oxygen atoms in total. The highest BCUT2D eigenvalue weighted by Crippen LogP contribution is 2.32. The third-order valence-corrected chi connectivity index (χ3v) is 6.14. The molecule has 10 heteroatoms. The van der Waals surface area contributed by atoms with Gasteiger partial charge in [-0.1, -0.05) is 42.1 Å². The minimum Gasteiger partial charge on any atom is -0.479 e. The van der Waals surface area contributed by atoms with Crippen LogP contribution in [0, 0.1) is 0 Å². The average Bonchev–Trinajstić information content (AvgIpc) is 3.49. The van der Waals surface area contributed by atoms with Crippen molar-refractivity contribution in [1.82, 2.24) is 14.8 Å². The Balaban J connectivity index is 1.29. The van der Waals surface area contributed by atoms with E-state index in [1.54, 1.807) is 37.5 Å². The minimum atomic E-state index is -0.552. The van der Waals surface area contributed by atoms with Crippen LogP contribution in [0.4, 0.5) is 11.4 Å². The molecule has 3 heterocycles. The molecule has 0 unspecified atom stereocenters. The quantitative estimate of drug-likeness (QED) is 0.388. The molecule has 0 spiro atoms. The predicted molar refractivity (Wildman–Crippen MR) is 128 cm³/mol. The first-order valence-corrected chi connectivity index (χ1v) is 11.6. The summed E-state index contributed by atoms with van der Waals surface area (Å²) >= 11 is 1.28. The van der Waals surface area contributed by atoms with Gasteiger partial charge in [0.1, 0.15) is 5.75 Å². The molecule has 0 fully saturated rings. The van der Waals surface area contributed by atoms with Crippen molar-refractivity contribution in [3.05, 3.63) is 72.5 Å². The molecule has 172 valence electrons. The van der Waals surface area contributed by atoms with Gasteiger partial charge in [-0.25, -0.2) is 0 Å². The van der Waals surface area contributed by atoms with Gasteiger partial charge < -0.3 is 19.8 Å². The molecular formula is C24H21N5O4S. The number of ether oxygens (including phenoxy) is 1. The van der Waals surface area contributed by atoms with Crippen molar-refractivity contribution >= 4 is 35.0 Å². The normalized spacial score (nSPS) is 14.7. The van der Waals surface area contributed by atoms with E-state index in [0.29, 0.717) is 40.4 Å². The Morgan fingerprint density at radius 1 is 1.15 bits per heavy atom. The molecule has 0 saturated heterocycles. The van der Waals surface area contributed by atoms with E-state index >= 15 is 0 Å². The fraction of sp³-hybridized carbons (Fsp3) is 0.167. The van der Waals surface area contributed by atoms with Crippen molar-refractivity contribution in [2.45, 2.75) is 24.7 Å². The summed E-state index contributed by atoms with van der Waals surface area (Å²) in [5, 5.41) is 14.8. The zero-order valence-corrected chi connectivity index (χ0v) is 19.0. The van der Waals surface area contributed by atoms with E-state index in [1.165, 1.54) is 11.8 Å².